The maximum Gasteiger partial charge on any atom is 0.142 e. The van der Waals surface area contributed by atoms with Crippen LogP contribution in [0.4, 0.5) is 5.69 Å². The molecule has 0 aromatic heterocycles. The van der Waals surface area contributed by atoms with Crippen molar-refractivity contribution in [3.05, 3.63) is 78.9 Å². The Morgan fingerprint density at radius 3 is 1.62 bits per heavy atom. The number of ether oxygens (including phenoxy) is 1. The summed E-state index contributed by atoms with van der Waals surface area (Å²) >= 11 is 0. The van der Waals surface area contributed by atoms with Crippen molar-refractivity contribution in [1.82, 2.24) is 0 Å². The summed E-state index contributed by atoms with van der Waals surface area (Å²) in [5.41, 5.74) is 0.833. The van der Waals surface area contributed by atoms with Crippen LogP contribution < -0.4 is 0 Å². The summed E-state index contributed by atoms with van der Waals surface area (Å²) in [5, 5.41) is 2.62. The van der Waals surface area contributed by atoms with Gasteiger partial charge in [0, 0.05) is 39.8 Å². The summed E-state index contributed by atoms with van der Waals surface area (Å²) in [6, 6.07) is 27.2. The van der Waals surface area contributed by atoms with Gasteiger partial charge < -0.3 is 9.73 Å². The van der Waals surface area contributed by atoms with E-state index in [4.69, 9.17) is 0 Å². The predicted molar refractivity (Wildman–Crippen MR) is 130 cm³/mol. The Morgan fingerprint density at radius 1 is 0.906 bits per heavy atom. The quantitative estimate of drug-likeness (QED) is 0.228. The van der Waals surface area contributed by atoms with Crippen molar-refractivity contribution in [2.24, 2.45) is 10.9 Å². The Hall–Kier alpha value is -2.01. The van der Waals surface area contributed by atoms with Crippen molar-refractivity contribution in [2.45, 2.75) is 34.6 Å². The zero-order valence-corrected chi connectivity index (χ0v) is 22.8. The van der Waals surface area contributed by atoms with E-state index in [1.54, 1.807) is 6.92 Å². The number of hydrogen-bond donors (Lipinski definition) is 0. The summed E-state index contributed by atoms with van der Waals surface area (Å²) in [4.78, 5) is 25.3. The Morgan fingerprint density at radius 2 is 1.34 bits per heavy atom. The fourth-order valence-corrected chi connectivity index (χ4v) is 2.39. The van der Waals surface area contributed by atoms with Gasteiger partial charge in [-0.3, -0.25) is 15.7 Å². The van der Waals surface area contributed by atoms with Gasteiger partial charge in [-0.05, 0) is 24.6 Å². The number of Topliss-reactive ketones (excluding diaryl/α,β-unsaturated/α-hetero) is 2. The normalized spacial score (nSPS) is 9.34. The Labute approximate surface area is 218 Å². The van der Waals surface area contributed by atoms with Gasteiger partial charge in [0.15, 0.2) is 0 Å². The van der Waals surface area contributed by atoms with E-state index in [9.17, 15) is 9.59 Å². The molecular weight excluding hydrogens is 475 g/mol. The van der Waals surface area contributed by atoms with Gasteiger partial charge in [0.1, 0.15) is 11.6 Å². The third-order valence-corrected chi connectivity index (χ3v) is 3.90. The third kappa shape index (κ3) is 14.1. The van der Waals surface area contributed by atoms with Gasteiger partial charge in [0.2, 0.25) is 0 Å². The molecule has 0 amide bonds. The minimum Gasteiger partial charge on any atom is -0.482 e. The molecule has 0 fully saturated rings. The molecule has 0 N–H and O–H groups in total. The SMILES string of the molecule is CC.COCC(C(C)=O)C(C)=O.C[C-]=Nc1[c-]cccc1.[Y].c1ccc2ccccc2c1. The fraction of sp³-hybridized carbons (Fsp3) is 0.296. The molecule has 0 spiro atoms. The zero-order chi connectivity index (χ0) is 23.5. The summed E-state index contributed by atoms with van der Waals surface area (Å²) in [6.45, 7) is 8.75. The molecule has 0 bridgehead atoms. The number of nitrogens with zero attached hydrogens (tertiary/aromatic N) is 1. The van der Waals surface area contributed by atoms with E-state index in [1.807, 2.05) is 38.1 Å². The molecule has 1 radical (unpaired) electrons. The van der Waals surface area contributed by atoms with Gasteiger partial charge in [-0.2, -0.15) is 24.4 Å². The van der Waals surface area contributed by atoms with E-state index in [0.29, 0.717) is 0 Å². The molecule has 32 heavy (non-hydrogen) atoms. The summed E-state index contributed by atoms with van der Waals surface area (Å²) in [6.07, 6.45) is 2.68. The van der Waals surface area contributed by atoms with E-state index in [1.165, 1.54) is 31.7 Å². The molecule has 169 valence electrons. The Balaban J connectivity index is 0. The van der Waals surface area contributed by atoms with Crippen LogP contribution in [0.1, 0.15) is 34.6 Å². The summed E-state index contributed by atoms with van der Waals surface area (Å²) in [7, 11) is 1.47. The number of aliphatic imine (C=N–C) groups is 1. The van der Waals surface area contributed by atoms with E-state index in [-0.39, 0.29) is 50.9 Å². The number of hydrogen-bond acceptors (Lipinski definition) is 4. The van der Waals surface area contributed by atoms with Gasteiger partial charge in [-0.15, -0.1) is 6.92 Å². The van der Waals surface area contributed by atoms with Crippen molar-refractivity contribution in [3.8, 4) is 0 Å². The van der Waals surface area contributed by atoms with Crippen molar-refractivity contribution in [1.29, 1.82) is 0 Å². The van der Waals surface area contributed by atoms with Crippen LogP contribution in [0.2, 0.25) is 0 Å². The van der Waals surface area contributed by atoms with Crippen LogP contribution in [0.25, 0.3) is 10.8 Å². The second kappa shape index (κ2) is 20.9. The molecule has 3 aromatic rings. The van der Waals surface area contributed by atoms with Crippen molar-refractivity contribution >= 4 is 34.2 Å². The Bertz CT molecular complexity index is 831. The molecule has 3 rings (SSSR count). The second-order valence-electron chi connectivity index (χ2n) is 6.16. The minimum absolute atomic E-state index is 0. The fourth-order valence-electron chi connectivity index (χ4n) is 2.39. The largest absolute Gasteiger partial charge is 0.482 e. The average Bonchev–Trinajstić information content (AvgIpc) is 2.80. The maximum absolute atomic E-state index is 10.7. The monoisotopic (exact) mass is 508 g/mol. The second-order valence-corrected chi connectivity index (χ2v) is 6.16. The maximum atomic E-state index is 10.7. The first-order chi connectivity index (χ1) is 15.0. The van der Waals surface area contributed by atoms with E-state index >= 15 is 0 Å². The van der Waals surface area contributed by atoms with Crippen LogP contribution in [0.5, 0.6) is 0 Å². The number of para-hydroxylation sites is 1. The molecule has 0 atom stereocenters. The first-order valence-corrected chi connectivity index (χ1v) is 10.3. The van der Waals surface area contributed by atoms with Crippen molar-refractivity contribution in [2.75, 3.05) is 13.7 Å². The topological polar surface area (TPSA) is 55.7 Å². The third-order valence-electron chi connectivity index (χ3n) is 3.90. The molecule has 0 aliphatic rings. The molecular formula is C27H33NO3Y-2. The molecule has 0 unspecified atom stereocenters. The number of benzene rings is 3. The number of carbonyl (C=O) groups excluding carboxylic acids is 2. The minimum atomic E-state index is -0.565. The standard InChI is InChI=1S/C10H8.C8H7N.C7H12O3.C2H6.Y/c1-2-6-10-8-4-3-7-9(10)5-1;1-2-9-8-6-4-3-5-7-8;1-5(8)7(4-10-3)6(2)9;1-2;/h1-8H;3-6H,1H3;7H,4H2,1-3H3;1-2H3;/q;-2;;;. The van der Waals surface area contributed by atoms with Crippen LogP contribution in [-0.4, -0.2) is 31.5 Å². The molecule has 0 saturated carbocycles. The average molecular weight is 508 g/mol. The first-order valence-electron chi connectivity index (χ1n) is 10.3. The smallest absolute Gasteiger partial charge is 0.142 e. The van der Waals surface area contributed by atoms with Crippen LogP contribution >= 0.6 is 0 Å². The summed E-state index contributed by atoms with van der Waals surface area (Å²) < 4.78 is 4.68. The van der Waals surface area contributed by atoms with Crippen molar-refractivity contribution in [3.63, 3.8) is 0 Å². The number of rotatable bonds is 5. The van der Waals surface area contributed by atoms with E-state index in [2.05, 4.69) is 70.5 Å². The van der Waals surface area contributed by atoms with E-state index in [0.717, 1.165) is 5.69 Å². The van der Waals surface area contributed by atoms with E-state index < -0.39 is 5.92 Å². The molecule has 3 aromatic carbocycles. The molecule has 4 nitrogen and oxygen atoms in total. The number of fused-ring (bicyclic) bond motifs is 1. The van der Waals surface area contributed by atoms with Gasteiger partial charge in [-0.25, -0.2) is 11.8 Å². The Kier molecular flexibility index (Phi) is 21.0. The number of methoxy groups -OCH3 is 1. The van der Waals surface area contributed by atoms with Crippen molar-refractivity contribution < 1.29 is 47.0 Å². The molecule has 5 heteroatoms. The summed E-state index contributed by atoms with van der Waals surface area (Å²) in [5.74, 6) is -0.825. The van der Waals surface area contributed by atoms with Gasteiger partial charge in [0.25, 0.3) is 0 Å². The van der Waals surface area contributed by atoms with Gasteiger partial charge in [0.05, 0.1) is 12.5 Å². The number of carbonyl (C=O) groups is 2. The van der Waals surface area contributed by atoms with Crippen LogP contribution in [0, 0.1) is 12.0 Å². The molecule has 0 saturated heterocycles. The van der Waals surface area contributed by atoms with Gasteiger partial charge >= 0.3 is 0 Å². The number of ketones is 2. The molecule has 0 heterocycles. The van der Waals surface area contributed by atoms with Crippen LogP contribution in [-0.2, 0) is 47.0 Å². The zero-order valence-electron chi connectivity index (χ0n) is 20.0. The van der Waals surface area contributed by atoms with Gasteiger partial charge in [-0.1, -0.05) is 62.4 Å². The van der Waals surface area contributed by atoms with Crippen LogP contribution in [0.15, 0.2) is 77.8 Å². The molecule has 0 aliphatic carbocycles. The first kappa shape index (κ1) is 32.2. The van der Waals surface area contributed by atoms with Crippen LogP contribution in [0.3, 0.4) is 0 Å². The predicted octanol–water partition coefficient (Wildman–Crippen LogP) is 6.38. The molecule has 0 aliphatic heterocycles.